The number of rotatable bonds is 8. The monoisotopic (exact) mass is 212 g/mol. The van der Waals surface area contributed by atoms with Crippen molar-refractivity contribution in [2.45, 2.75) is 52.0 Å². The van der Waals surface area contributed by atoms with E-state index >= 15 is 0 Å². The minimum absolute atomic E-state index is 0.693. The Morgan fingerprint density at radius 3 is 2.47 bits per heavy atom. The van der Waals surface area contributed by atoms with Crippen molar-refractivity contribution >= 4 is 0 Å². The van der Waals surface area contributed by atoms with Gasteiger partial charge in [0.2, 0.25) is 0 Å². The van der Waals surface area contributed by atoms with E-state index in [0.717, 1.165) is 25.4 Å². The highest BCUT2D eigenvalue weighted by atomic mass is 16.5. The average molecular weight is 212 g/mol. The van der Waals surface area contributed by atoms with Crippen LogP contribution in [0.15, 0.2) is 0 Å². The van der Waals surface area contributed by atoms with Gasteiger partial charge in [0.1, 0.15) is 5.54 Å². The van der Waals surface area contributed by atoms with Gasteiger partial charge >= 0.3 is 0 Å². The molecule has 3 nitrogen and oxygen atoms in total. The van der Waals surface area contributed by atoms with Gasteiger partial charge in [0.05, 0.1) is 6.07 Å². The molecule has 0 bridgehead atoms. The van der Waals surface area contributed by atoms with E-state index < -0.39 is 5.54 Å². The van der Waals surface area contributed by atoms with E-state index in [4.69, 9.17) is 15.7 Å². The smallest absolute Gasteiger partial charge is 0.101 e. The molecule has 3 heteroatoms. The Bertz CT molecular complexity index is 194. The van der Waals surface area contributed by atoms with Crippen molar-refractivity contribution in [3.63, 3.8) is 0 Å². The molecule has 0 aliphatic rings. The van der Waals surface area contributed by atoms with Crippen LogP contribution in [0.4, 0.5) is 0 Å². The van der Waals surface area contributed by atoms with Crippen molar-refractivity contribution in [1.82, 2.24) is 0 Å². The molecule has 0 heterocycles. The molecule has 0 saturated carbocycles. The van der Waals surface area contributed by atoms with E-state index in [9.17, 15) is 0 Å². The summed E-state index contributed by atoms with van der Waals surface area (Å²) >= 11 is 0. The maximum atomic E-state index is 8.68. The fourth-order valence-electron chi connectivity index (χ4n) is 1.29. The molecule has 0 aromatic heterocycles. The predicted molar refractivity (Wildman–Crippen MR) is 62.3 cm³/mol. The zero-order valence-corrected chi connectivity index (χ0v) is 10.3. The first kappa shape index (κ1) is 14.4. The summed E-state index contributed by atoms with van der Waals surface area (Å²) in [4.78, 5) is 0. The Labute approximate surface area is 93.6 Å². The minimum Gasteiger partial charge on any atom is -0.381 e. The second kappa shape index (κ2) is 7.67. The van der Waals surface area contributed by atoms with E-state index in [-0.39, 0.29) is 0 Å². The van der Waals surface area contributed by atoms with Crippen molar-refractivity contribution in [3.05, 3.63) is 0 Å². The van der Waals surface area contributed by atoms with Crippen molar-refractivity contribution < 1.29 is 4.74 Å². The second-order valence-corrected chi connectivity index (χ2v) is 4.78. The van der Waals surface area contributed by atoms with Crippen LogP contribution in [0.3, 0.4) is 0 Å². The summed E-state index contributed by atoms with van der Waals surface area (Å²) in [5.41, 5.74) is 4.99. The van der Waals surface area contributed by atoms with Crippen molar-refractivity contribution in [2.75, 3.05) is 13.2 Å². The maximum absolute atomic E-state index is 8.68. The van der Waals surface area contributed by atoms with Crippen LogP contribution in [0, 0.1) is 17.2 Å². The third kappa shape index (κ3) is 9.71. The molecule has 0 radical (unpaired) electrons. The lowest BCUT2D eigenvalue weighted by Gasteiger charge is -2.14. The van der Waals surface area contributed by atoms with Gasteiger partial charge in [-0.15, -0.1) is 0 Å². The lowest BCUT2D eigenvalue weighted by Crippen LogP contribution is -2.34. The summed E-state index contributed by atoms with van der Waals surface area (Å²) in [5, 5.41) is 8.68. The summed E-state index contributed by atoms with van der Waals surface area (Å²) in [6, 6.07) is 2.08. The summed E-state index contributed by atoms with van der Waals surface area (Å²) in [6.45, 7) is 7.73. The fraction of sp³-hybridized carbons (Fsp3) is 0.917. The molecule has 0 spiro atoms. The summed E-state index contributed by atoms with van der Waals surface area (Å²) in [5.74, 6) is 0.750. The van der Waals surface area contributed by atoms with Crippen molar-refractivity contribution in [1.29, 1.82) is 5.26 Å². The van der Waals surface area contributed by atoms with Gasteiger partial charge in [-0.2, -0.15) is 5.26 Å². The van der Waals surface area contributed by atoms with Crippen LogP contribution in [0.5, 0.6) is 0 Å². The standard InChI is InChI=1S/C12H24N2O/c1-11(2)6-4-8-15-9-5-7-12(3,14)10-13/h11H,4-9,14H2,1-3H3. The van der Waals surface area contributed by atoms with Gasteiger partial charge in [-0.05, 0) is 38.5 Å². The van der Waals surface area contributed by atoms with Gasteiger partial charge < -0.3 is 10.5 Å². The first-order valence-corrected chi connectivity index (χ1v) is 5.76. The first-order valence-electron chi connectivity index (χ1n) is 5.76. The number of hydrogen-bond acceptors (Lipinski definition) is 3. The van der Waals surface area contributed by atoms with Gasteiger partial charge in [0.25, 0.3) is 0 Å². The van der Waals surface area contributed by atoms with Gasteiger partial charge in [0.15, 0.2) is 0 Å². The van der Waals surface area contributed by atoms with E-state index in [1.165, 1.54) is 6.42 Å². The summed E-state index contributed by atoms with van der Waals surface area (Å²) in [7, 11) is 0. The third-order valence-electron chi connectivity index (χ3n) is 2.31. The van der Waals surface area contributed by atoms with Crippen LogP contribution < -0.4 is 5.73 Å². The maximum Gasteiger partial charge on any atom is 0.101 e. The first-order chi connectivity index (χ1) is 6.98. The van der Waals surface area contributed by atoms with Crippen LogP contribution in [0.25, 0.3) is 0 Å². The van der Waals surface area contributed by atoms with Gasteiger partial charge in [-0.3, -0.25) is 0 Å². The highest BCUT2D eigenvalue weighted by Crippen LogP contribution is 2.07. The number of hydrogen-bond donors (Lipinski definition) is 1. The van der Waals surface area contributed by atoms with Crippen molar-refractivity contribution in [3.8, 4) is 6.07 Å². The summed E-state index contributed by atoms with van der Waals surface area (Å²) in [6.07, 6.45) is 3.90. The quantitative estimate of drug-likeness (QED) is 0.629. The van der Waals surface area contributed by atoms with E-state index in [2.05, 4.69) is 19.9 Å². The largest absolute Gasteiger partial charge is 0.381 e. The molecular formula is C12H24N2O. The molecule has 15 heavy (non-hydrogen) atoms. The van der Waals surface area contributed by atoms with Crippen LogP contribution in [-0.2, 0) is 4.74 Å². The molecule has 0 aliphatic heterocycles. The number of nitriles is 1. The molecule has 0 rings (SSSR count). The van der Waals surface area contributed by atoms with Crippen LogP contribution >= 0.6 is 0 Å². The lowest BCUT2D eigenvalue weighted by atomic mass is 10.00. The molecule has 0 aromatic rings. The molecule has 0 amide bonds. The fourth-order valence-corrected chi connectivity index (χ4v) is 1.29. The molecule has 1 atom stereocenters. The predicted octanol–water partition coefficient (Wildman–Crippen LogP) is 2.46. The third-order valence-corrected chi connectivity index (χ3v) is 2.31. The van der Waals surface area contributed by atoms with Gasteiger partial charge in [-0.1, -0.05) is 13.8 Å². The number of nitrogens with zero attached hydrogens (tertiary/aromatic N) is 1. The number of nitrogens with two attached hydrogens (primary N) is 1. The van der Waals surface area contributed by atoms with Crippen LogP contribution in [-0.4, -0.2) is 18.8 Å². The van der Waals surface area contributed by atoms with E-state index in [1.54, 1.807) is 6.92 Å². The van der Waals surface area contributed by atoms with Crippen LogP contribution in [0.1, 0.15) is 46.5 Å². The van der Waals surface area contributed by atoms with Crippen LogP contribution in [0.2, 0.25) is 0 Å². The Kier molecular flexibility index (Phi) is 7.37. The van der Waals surface area contributed by atoms with Gasteiger partial charge in [0, 0.05) is 13.2 Å². The Hall–Kier alpha value is -0.590. The molecule has 1 unspecified atom stereocenters. The molecule has 0 aliphatic carbocycles. The highest BCUT2D eigenvalue weighted by Gasteiger charge is 2.15. The van der Waals surface area contributed by atoms with Crippen molar-refractivity contribution in [2.24, 2.45) is 11.7 Å². The SMILES string of the molecule is CC(C)CCCOCCCC(C)(N)C#N. The molecule has 0 fully saturated rings. The van der Waals surface area contributed by atoms with E-state index in [0.29, 0.717) is 13.0 Å². The zero-order chi connectivity index (χ0) is 11.7. The number of ether oxygens (including phenoxy) is 1. The average Bonchev–Trinajstić information content (AvgIpc) is 2.16. The molecule has 88 valence electrons. The normalized spacial score (nSPS) is 14.9. The summed E-state index contributed by atoms with van der Waals surface area (Å²) < 4.78 is 5.46. The zero-order valence-electron chi connectivity index (χ0n) is 10.3. The molecule has 2 N–H and O–H groups in total. The Balaban J connectivity index is 3.23. The Morgan fingerprint density at radius 1 is 1.33 bits per heavy atom. The van der Waals surface area contributed by atoms with Gasteiger partial charge in [-0.25, -0.2) is 0 Å². The topological polar surface area (TPSA) is 59.0 Å². The highest BCUT2D eigenvalue weighted by molar-refractivity contribution is 5.00. The molecule has 0 saturated heterocycles. The molecular weight excluding hydrogens is 188 g/mol. The van der Waals surface area contributed by atoms with E-state index in [1.807, 2.05) is 0 Å². The minimum atomic E-state index is -0.693. The molecule has 0 aromatic carbocycles. The Morgan fingerprint density at radius 2 is 1.93 bits per heavy atom. The lowest BCUT2D eigenvalue weighted by molar-refractivity contribution is 0.121. The second-order valence-electron chi connectivity index (χ2n) is 4.78.